The van der Waals surface area contributed by atoms with Crippen LogP contribution in [0.4, 0.5) is 15.8 Å². The van der Waals surface area contributed by atoms with Gasteiger partial charge < -0.3 is 10.2 Å². The van der Waals surface area contributed by atoms with E-state index in [0.29, 0.717) is 17.1 Å². The van der Waals surface area contributed by atoms with Crippen molar-refractivity contribution in [2.75, 3.05) is 23.3 Å². The van der Waals surface area contributed by atoms with Gasteiger partial charge >= 0.3 is 0 Å². The van der Waals surface area contributed by atoms with Crippen molar-refractivity contribution in [3.63, 3.8) is 0 Å². The quantitative estimate of drug-likeness (QED) is 0.881. The van der Waals surface area contributed by atoms with Crippen molar-refractivity contribution in [3.8, 4) is 0 Å². The lowest BCUT2D eigenvalue weighted by Gasteiger charge is -2.18. The van der Waals surface area contributed by atoms with Gasteiger partial charge in [0, 0.05) is 41.6 Å². The summed E-state index contributed by atoms with van der Waals surface area (Å²) in [5.74, 6) is -0.236. The van der Waals surface area contributed by atoms with E-state index in [1.165, 1.54) is 24.6 Å². The van der Waals surface area contributed by atoms with Gasteiger partial charge in [0.05, 0.1) is 0 Å². The minimum atomic E-state index is -0.236. The number of nitrogens with one attached hydrogen (secondary N) is 1. The molecule has 3 rings (SSSR count). The molecule has 1 N–H and O–H groups in total. The summed E-state index contributed by atoms with van der Waals surface area (Å²) < 4.78 is 13.6. The van der Waals surface area contributed by atoms with Gasteiger partial charge in [-0.15, -0.1) is 0 Å². The van der Waals surface area contributed by atoms with Crippen molar-refractivity contribution in [1.29, 1.82) is 0 Å². The fourth-order valence-electron chi connectivity index (χ4n) is 2.64. The van der Waals surface area contributed by atoms with Gasteiger partial charge in [-0.2, -0.15) is 0 Å². The minimum absolute atomic E-state index is 0.236. The van der Waals surface area contributed by atoms with Crippen LogP contribution in [0.15, 0.2) is 42.5 Å². The molecule has 0 saturated carbocycles. The van der Waals surface area contributed by atoms with Gasteiger partial charge in [-0.1, -0.05) is 11.6 Å². The first kappa shape index (κ1) is 14.2. The third kappa shape index (κ3) is 3.48. The normalized spacial score (nSPS) is 14.5. The number of hydrogen-bond donors (Lipinski definition) is 1. The van der Waals surface area contributed by atoms with Crippen LogP contribution >= 0.6 is 11.6 Å². The van der Waals surface area contributed by atoms with Crippen LogP contribution in [0.1, 0.15) is 18.4 Å². The van der Waals surface area contributed by atoms with E-state index in [-0.39, 0.29) is 5.82 Å². The third-order valence-corrected chi connectivity index (χ3v) is 4.06. The first-order chi connectivity index (χ1) is 10.2. The Balaban J connectivity index is 1.64. The van der Waals surface area contributed by atoms with E-state index in [0.717, 1.165) is 18.8 Å². The second-order valence-corrected chi connectivity index (χ2v) is 5.77. The molecule has 0 spiro atoms. The number of hydrogen-bond acceptors (Lipinski definition) is 2. The van der Waals surface area contributed by atoms with Gasteiger partial charge in [0.2, 0.25) is 0 Å². The fraction of sp³-hybridized carbons (Fsp3) is 0.294. The molecule has 2 nitrogen and oxygen atoms in total. The summed E-state index contributed by atoms with van der Waals surface area (Å²) in [6.45, 7) is 2.70. The molecule has 1 aliphatic rings. The van der Waals surface area contributed by atoms with Gasteiger partial charge in [0.25, 0.3) is 0 Å². The summed E-state index contributed by atoms with van der Waals surface area (Å²) >= 11 is 5.89. The molecule has 1 aliphatic heterocycles. The van der Waals surface area contributed by atoms with Crippen molar-refractivity contribution in [1.82, 2.24) is 0 Å². The Labute approximate surface area is 129 Å². The largest absolute Gasteiger partial charge is 0.381 e. The van der Waals surface area contributed by atoms with Crippen molar-refractivity contribution in [2.45, 2.75) is 19.4 Å². The Kier molecular flexibility index (Phi) is 4.30. The van der Waals surface area contributed by atoms with Crippen molar-refractivity contribution in [3.05, 3.63) is 58.9 Å². The average molecular weight is 305 g/mol. The third-order valence-electron chi connectivity index (χ3n) is 3.83. The van der Waals surface area contributed by atoms with E-state index < -0.39 is 0 Å². The van der Waals surface area contributed by atoms with Crippen LogP contribution in [-0.2, 0) is 6.54 Å². The standard InChI is InChI=1S/C17H18ClFN2/c18-14-3-8-17(19)13(11-14)12-20-15-4-6-16(7-5-15)21-9-1-2-10-21/h3-8,11,20H,1-2,9-10,12H2. The van der Waals surface area contributed by atoms with Crippen LogP contribution in [0.3, 0.4) is 0 Å². The van der Waals surface area contributed by atoms with Crippen molar-refractivity contribution >= 4 is 23.0 Å². The number of nitrogens with zero attached hydrogens (tertiary/aromatic N) is 1. The molecule has 1 heterocycles. The van der Waals surface area contributed by atoms with E-state index in [2.05, 4.69) is 22.3 Å². The predicted octanol–water partition coefficient (Wildman–Crippen LogP) is 4.69. The van der Waals surface area contributed by atoms with Gasteiger partial charge in [0.1, 0.15) is 5.82 Å². The maximum absolute atomic E-state index is 13.6. The Bertz CT molecular complexity index is 607. The highest BCUT2D eigenvalue weighted by Crippen LogP contribution is 2.23. The van der Waals surface area contributed by atoms with Gasteiger partial charge in [-0.05, 0) is 55.3 Å². The Hall–Kier alpha value is -1.74. The van der Waals surface area contributed by atoms with Crippen LogP contribution in [0, 0.1) is 5.82 Å². The topological polar surface area (TPSA) is 15.3 Å². The molecule has 2 aromatic carbocycles. The minimum Gasteiger partial charge on any atom is -0.381 e. The molecule has 4 heteroatoms. The maximum atomic E-state index is 13.6. The van der Waals surface area contributed by atoms with Gasteiger partial charge in [-0.25, -0.2) is 4.39 Å². The first-order valence-corrected chi connectivity index (χ1v) is 7.63. The Morgan fingerprint density at radius 3 is 2.48 bits per heavy atom. The number of halogens is 2. The molecule has 0 aliphatic carbocycles. The fourth-order valence-corrected chi connectivity index (χ4v) is 2.84. The van der Waals surface area contributed by atoms with Crippen LogP contribution in [-0.4, -0.2) is 13.1 Å². The van der Waals surface area contributed by atoms with Gasteiger partial charge in [0.15, 0.2) is 0 Å². The lowest BCUT2D eigenvalue weighted by molar-refractivity contribution is 0.613. The monoisotopic (exact) mass is 304 g/mol. The molecule has 0 radical (unpaired) electrons. The average Bonchev–Trinajstić information content (AvgIpc) is 3.03. The zero-order valence-electron chi connectivity index (χ0n) is 11.8. The van der Waals surface area contributed by atoms with Crippen LogP contribution in [0.2, 0.25) is 5.02 Å². The molecular weight excluding hydrogens is 287 g/mol. The summed E-state index contributed by atoms with van der Waals surface area (Å²) in [5.41, 5.74) is 2.82. The van der Waals surface area contributed by atoms with Crippen LogP contribution in [0.25, 0.3) is 0 Å². The SMILES string of the molecule is Fc1ccc(Cl)cc1CNc1ccc(N2CCCC2)cc1. The molecule has 0 amide bonds. The summed E-state index contributed by atoms with van der Waals surface area (Å²) in [5, 5.41) is 3.78. The van der Waals surface area contributed by atoms with E-state index in [1.807, 2.05) is 12.1 Å². The van der Waals surface area contributed by atoms with Crippen LogP contribution in [0.5, 0.6) is 0 Å². The molecule has 1 fully saturated rings. The van der Waals surface area contributed by atoms with E-state index >= 15 is 0 Å². The molecular formula is C17H18ClFN2. The van der Waals surface area contributed by atoms with Crippen molar-refractivity contribution < 1.29 is 4.39 Å². The van der Waals surface area contributed by atoms with Crippen molar-refractivity contribution in [2.24, 2.45) is 0 Å². The molecule has 0 bridgehead atoms. The second kappa shape index (κ2) is 6.35. The summed E-state index contributed by atoms with van der Waals surface area (Å²) in [6.07, 6.45) is 2.54. The smallest absolute Gasteiger partial charge is 0.128 e. The lowest BCUT2D eigenvalue weighted by atomic mass is 10.2. The van der Waals surface area contributed by atoms with E-state index in [4.69, 9.17) is 11.6 Å². The molecule has 2 aromatic rings. The summed E-state index contributed by atoms with van der Waals surface area (Å²) in [7, 11) is 0. The molecule has 0 aromatic heterocycles. The molecule has 0 atom stereocenters. The molecule has 1 saturated heterocycles. The number of benzene rings is 2. The highest BCUT2D eigenvalue weighted by atomic mass is 35.5. The zero-order valence-corrected chi connectivity index (χ0v) is 12.5. The molecule has 0 unspecified atom stereocenters. The van der Waals surface area contributed by atoms with Gasteiger partial charge in [-0.3, -0.25) is 0 Å². The Morgan fingerprint density at radius 1 is 1.05 bits per heavy atom. The summed E-state index contributed by atoms with van der Waals surface area (Å²) in [6, 6.07) is 12.9. The number of rotatable bonds is 4. The predicted molar refractivity (Wildman–Crippen MR) is 86.6 cm³/mol. The number of anilines is 2. The maximum Gasteiger partial charge on any atom is 0.128 e. The highest BCUT2D eigenvalue weighted by Gasteiger charge is 2.11. The molecule has 21 heavy (non-hydrogen) atoms. The molecule has 110 valence electrons. The highest BCUT2D eigenvalue weighted by molar-refractivity contribution is 6.30. The van der Waals surface area contributed by atoms with E-state index in [9.17, 15) is 4.39 Å². The van der Waals surface area contributed by atoms with E-state index in [1.54, 1.807) is 12.1 Å². The Morgan fingerprint density at radius 2 is 1.76 bits per heavy atom. The second-order valence-electron chi connectivity index (χ2n) is 5.33. The summed E-state index contributed by atoms with van der Waals surface area (Å²) in [4.78, 5) is 2.39. The lowest BCUT2D eigenvalue weighted by Crippen LogP contribution is -2.17. The zero-order chi connectivity index (χ0) is 14.7. The first-order valence-electron chi connectivity index (χ1n) is 7.25. The van der Waals surface area contributed by atoms with Crippen LogP contribution < -0.4 is 10.2 Å².